The van der Waals surface area contributed by atoms with Crippen LogP contribution in [0.25, 0.3) is 11.4 Å². The Bertz CT molecular complexity index is 616. The topological polar surface area (TPSA) is 84.0 Å². The van der Waals surface area contributed by atoms with Gasteiger partial charge in [-0.15, -0.1) is 10.2 Å². The van der Waals surface area contributed by atoms with Gasteiger partial charge in [0.15, 0.2) is 5.82 Å². The number of hydrogen-bond acceptors (Lipinski definition) is 5. The van der Waals surface area contributed by atoms with Gasteiger partial charge in [0.25, 0.3) is 0 Å². The molecule has 104 valence electrons. The summed E-state index contributed by atoms with van der Waals surface area (Å²) in [4.78, 5) is 0. The molecule has 0 spiro atoms. The molecule has 2 rings (SSSR count). The first kappa shape index (κ1) is 14.2. The summed E-state index contributed by atoms with van der Waals surface area (Å²) in [7, 11) is 0. The molecule has 2 aromatic rings. The molecule has 20 heavy (non-hydrogen) atoms. The molecule has 6 heteroatoms. The first-order chi connectivity index (χ1) is 9.76. The van der Waals surface area contributed by atoms with Crippen molar-refractivity contribution in [3.8, 4) is 17.5 Å². The molecule has 0 aliphatic heterocycles. The summed E-state index contributed by atoms with van der Waals surface area (Å²) < 4.78 is 7.21. The SMILES string of the molecule is Cc1nnc(-c2cccc(C#N)c2)n1CCOCCO. The maximum atomic E-state index is 8.95. The molecule has 0 saturated heterocycles. The minimum Gasteiger partial charge on any atom is -0.394 e. The first-order valence-corrected chi connectivity index (χ1v) is 6.35. The fourth-order valence-electron chi connectivity index (χ4n) is 1.91. The van der Waals surface area contributed by atoms with Crippen LogP contribution >= 0.6 is 0 Å². The largest absolute Gasteiger partial charge is 0.394 e. The molecule has 0 radical (unpaired) electrons. The van der Waals surface area contributed by atoms with Crippen LogP contribution in [0.1, 0.15) is 11.4 Å². The molecule has 1 heterocycles. The highest BCUT2D eigenvalue weighted by Gasteiger charge is 2.11. The van der Waals surface area contributed by atoms with Gasteiger partial charge in [-0.05, 0) is 19.1 Å². The van der Waals surface area contributed by atoms with E-state index in [4.69, 9.17) is 15.1 Å². The Morgan fingerprint density at radius 2 is 2.20 bits per heavy atom. The Labute approximate surface area is 117 Å². The second-order valence-electron chi connectivity index (χ2n) is 4.25. The second kappa shape index (κ2) is 6.80. The van der Waals surface area contributed by atoms with Gasteiger partial charge in [-0.1, -0.05) is 12.1 Å². The van der Waals surface area contributed by atoms with Crippen LogP contribution in [0.4, 0.5) is 0 Å². The predicted molar refractivity (Wildman–Crippen MR) is 72.8 cm³/mol. The van der Waals surface area contributed by atoms with E-state index in [1.54, 1.807) is 12.1 Å². The molecule has 6 nitrogen and oxygen atoms in total. The van der Waals surface area contributed by atoms with Crippen molar-refractivity contribution >= 4 is 0 Å². The van der Waals surface area contributed by atoms with Crippen molar-refractivity contribution in [3.63, 3.8) is 0 Å². The summed E-state index contributed by atoms with van der Waals surface area (Å²) in [6.45, 7) is 3.28. The molecule has 1 aromatic carbocycles. The fourth-order valence-corrected chi connectivity index (χ4v) is 1.91. The number of hydrogen-bond donors (Lipinski definition) is 1. The number of benzene rings is 1. The van der Waals surface area contributed by atoms with Gasteiger partial charge in [0.1, 0.15) is 5.82 Å². The van der Waals surface area contributed by atoms with Crippen LogP contribution in [0.15, 0.2) is 24.3 Å². The van der Waals surface area contributed by atoms with Crippen LogP contribution in [-0.4, -0.2) is 39.7 Å². The molecular formula is C14H16N4O2. The Hall–Kier alpha value is -2.23. The summed E-state index contributed by atoms with van der Waals surface area (Å²) in [6.07, 6.45) is 0. The molecule has 0 saturated carbocycles. The average molecular weight is 272 g/mol. The third-order valence-corrected chi connectivity index (χ3v) is 2.88. The van der Waals surface area contributed by atoms with Gasteiger partial charge in [0.2, 0.25) is 0 Å². The first-order valence-electron chi connectivity index (χ1n) is 6.35. The van der Waals surface area contributed by atoms with Crippen molar-refractivity contribution in [2.75, 3.05) is 19.8 Å². The van der Waals surface area contributed by atoms with Gasteiger partial charge < -0.3 is 14.4 Å². The minimum absolute atomic E-state index is 0.0121. The maximum Gasteiger partial charge on any atom is 0.164 e. The molecule has 1 N–H and O–H groups in total. The van der Waals surface area contributed by atoms with Crippen LogP contribution in [0.2, 0.25) is 0 Å². The van der Waals surface area contributed by atoms with E-state index in [1.165, 1.54) is 0 Å². The van der Waals surface area contributed by atoms with Crippen molar-refractivity contribution in [1.29, 1.82) is 5.26 Å². The number of nitriles is 1. The molecule has 0 atom stereocenters. The number of rotatable bonds is 6. The van der Waals surface area contributed by atoms with E-state index in [0.717, 1.165) is 11.4 Å². The van der Waals surface area contributed by atoms with E-state index >= 15 is 0 Å². The number of aryl methyl sites for hydroxylation is 1. The van der Waals surface area contributed by atoms with E-state index in [2.05, 4.69) is 16.3 Å². The molecule has 0 amide bonds. The zero-order chi connectivity index (χ0) is 14.4. The van der Waals surface area contributed by atoms with Gasteiger partial charge in [0, 0.05) is 12.1 Å². The zero-order valence-electron chi connectivity index (χ0n) is 11.3. The van der Waals surface area contributed by atoms with Gasteiger partial charge in [0.05, 0.1) is 31.5 Å². The highest BCUT2D eigenvalue weighted by atomic mass is 16.5. The molecular weight excluding hydrogens is 256 g/mol. The van der Waals surface area contributed by atoms with Crippen LogP contribution in [0.3, 0.4) is 0 Å². The lowest BCUT2D eigenvalue weighted by atomic mass is 10.1. The highest BCUT2D eigenvalue weighted by molar-refractivity contribution is 5.58. The molecule has 1 aromatic heterocycles. The van der Waals surface area contributed by atoms with Gasteiger partial charge in [-0.25, -0.2) is 0 Å². The van der Waals surface area contributed by atoms with E-state index in [9.17, 15) is 0 Å². The third kappa shape index (κ3) is 3.20. The number of aliphatic hydroxyl groups is 1. The Balaban J connectivity index is 2.21. The molecule has 0 unspecified atom stereocenters. The van der Waals surface area contributed by atoms with Gasteiger partial charge in [-0.3, -0.25) is 0 Å². The third-order valence-electron chi connectivity index (χ3n) is 2.88. The fraction of sp³-hybridized carbons (Fsp3) is 0.357. The lowest BCUT2D eigenvalue weighted by Gasteiger charge is -2.09. The number of nitrogens with zero attached hydrogens (tertiary/aromatic N) is 4. The monoisotopic (exact) mass is 272 g/mol. The average Bonchev–Trinajstić information content (AvgIpc) is 2.85. The second-order valence-corrected chi connectivity index (χ2v) is 4.25. The summed E-state index contributed by atoms with van der Waals surface area (Å²) in [5.74, 6) is 1.50. The van der Waals surface area contributed by atoms with E-state index < -0.39 is 0 Å². The predicted octanol–water partition coefficient (Wildman–Crippen LogP) is 1.13. The van der Waals surface area contributed by atoms with Crippen LogP contribution in [-0.2, 0) is 11.3 Å². The van der Waals surface area contributed by atoms with Crippen molar-refractivity contribution < 1.29 is 9.84 Å². The standard InChI is InChI=1S/C14H16N4O2/c1-11-16-17-14(18(11)5-7-20-8-6-19)13-4-2-3-12(9-13)10-15/h2-4,9,19H,5-8H2,1H3. The van der Waals surface area contributed by atoms with E-state index in [0.29, 0.717) is 31.1 Å². The lowest BCUT2D eigenvalue weighted by molar-refractivity contribution is 0.0869. The van der Waals surface area contributed by atoms with Crippen LogP contribution in [0.5, 0.6) is 0 Å². The summed E-state index contributed by atoms with van der Waals surface area (Å²) in [5.41, 5.74) is 1.44. The molecule has 0 aliphatic rings. The molecule has 0 fully saturated rings. The quantitative estimate of drug-likeness (QED) is 0.797. The van der Waals surface area contributed by atoms with Crippen LogP contribution < -0.4 is 0 Å². The molecule has 0 bridgehead atoms. The van der Waals surface area contributed by atoms with Gasteiger partial charge in [-0.2, -0.15) is 5.26 Å². The number of ether oxygens (including phenoxy) is 1. The van der Waals surface area contributed by atoms with Crippen LogP contribution in [0, 0.1) is 18.3 Å². The highest BCUT2D eigenvalue weighted by Crippen LogP contribution is 2.19. The summed E-state index contributed by atoms with van der Waals surface area (Å²) in [5, 5.41) is 25.9. The normalized spacial score (nSPS) is 10.4. The smallest absolute Gasteiger partial charge is 0.164 e. The van der Waals surface area contributed by atoms with E-state index in [-0.39, 0.29) is 6.61 Å². The van der Waals surface area contributed by atoms with Gasteiger partial charge >= 0.3 is 0 Å². The van der Waals surface area contributed by atoms with E-state index in [1.807, 2.05) is 23.6 Å². The maximum absolute atomic E-state index is 8.95. The van der Waals surface area contributed by atoms with Crippen molar-refractivity contribution in [3.05, 3.63) is 35.7 Å². The Morgan fingerprint density at radius 1 is 1.35 bits per heavy atom. The van der Waals surface area contributed by atoms with Crippen molar-refractivity contribution in [2.24, 2.45) is 0 Å². The van der Waals surface area contributed by atoms with Crippen molar-refractivity contribution in [2.45, 2.75) is 13.5 Å². The number of aliphatic hydroxyl groups excluding tert-OH is 1. The number of aromatic nitrogens is 3. The summed E-state index contributed by atoms with van der Waals surface area (Å²) in [6, 6.07) is 9.37. The molecule has 0 aliphatic carbocycles. The van der Waals surface area contributed by atoms with Crippen molar-refractivity contribution in [1.82, 2.24) is 14.8 Å². The summed E-state index contributed by atoms with van der Waals surface area (Å²) >= 11 is 0. The zero-order valence-corrected chi connectivity index (χ0v) is 11.3. The minimum atomic E-state index is 0.0121. The Kier molecular flexibility index (Phi) is 4.82. The Morgan fingerprint density at radius 3 is 2.95 bits per heavy atom. The lowest BCUT2D eigenvalue weighted by Crippen LogP contribution is -2.11.